The van der Waals surface area contributed by atoms with Crippen LogP contribution in [0.4, 0.5) is 0 Å². The lowest BCUT2D eigenvalue weighted by molar-refractivity contribution is 0.0930. The maximum Gasteiger partial charge on any atom is 0.260 e. The number of H-pyrrole nitrogens is 1. The summed E-state index contributed by atoms with van der Waals surface area (Å²) in [4.78, 5) is 29.9. The second-order valence-electron chi connectivity index (χ2n) is 11.1. The molecule has 39 heavy (non-hydrogen) atoms. The Balaban J connectivity index is 1.58. The van der Waals surface area contributed by atoms with Gasteiger partial charge < -0.3 is 25.7 Å². The highest BCUT2D eigenvalue weighted by Crippen LogP contribution is 2.37. The molecule has 0 radical (unpaired) electrons. The topological polar surface area (TPSA) is 95.2 Å². The fraction of sp³-hybridized carbons (Fsp3) is 0.484. The average molecular weight is 551 g/mol. The number of hydrogen-bond acceptors (Lipinski definition) is 5. The van der Waals surface area contributed by atoms with Crippen molar-refractivity contribution in [3.63, 3.8) is 0 Å². The van der Waals surface area contributed by atoms with Crippen LogP contribution in [0.1, 0.15) is 65.6 Å². The predicted molar refractivity (Wildman–Crippen MR) is 158 cm³/mol. The third-order valence-corrected chi connectivity index (χ3v) is 8.63. The van der Waals surface area contributed by atoms with Gasteiger partial charge >= 0.3 is 0 Å². The number of carbonyl (C=O) groups is 1. The van der Waals surface area contributed by atoms with E-state index in [1.165, 1.54) is 18.4 Å². The molecule has 7 nitrogen and oxygen atoms in total. The molecule has 0 saturated carbocycles. The van der Waals surface area contributed by atoms with Crippen molar-refractivity contribution in [1.82, 2.24) is 20.9 Å². The molecule has 3 aromatic rings. The van der Waals surface area contributed by atoms with Crippen LogP contribution in [0.25, 0.3) is 22.0 Å². The number of aromatic amines is 1. The molecule has 3 heterocycles. The molecule has 5 rings (SSSR count). The summed E-state index contributed by atoms with van der Waals surface area (Å²) in [5.74, 6) is 0.292. The molecule has 2 aromatic carbocycles. The lowest BCUT2D eigenvalue weighted by atomic mass is 9.95. The number of aromatic nitrogens is 1. The van der Waals surface area contributed by atoms with E-state index in [9.17, 15) is 9.59 Å². The molecular weight excluding hydrogens is 512 g/mol. The lowest BCUT2D eigenvalue weighted by Crippen LogP contribution is -2.42. The summed E-state index contributed by atoms with van der Waals surface area (Å²) in [6.07, 6.45) is 6.14. The van der Waals surface area contributed by atoms with Gasteiger partial charge in [-0.2, -0.15) is 0 Å². The second-order valence-corrected chi connectivity index (χ2v) is 11.5. The maximum absolute atomic E-state index is 13.5. The summed E-state index contributed by atoms with van der Waals surface area (Å²) in [6, 6.07) is 8.02. The Morgan fingerprint density at radius 2 is 1.77 bits per heavy atom. The van der Waals surface area contributed by atoms with Crippen LogP contribution in [0.3, 0.4) is 0 Å². The Hall–Kier alpha value is -2.87. The van der Waals surface area contributed by atoms with Crippen LogP contribution in [-0.4, -0.2) is 49.2 Å². The summed E-state index contributed by atoms with van der Waals surface area (Å²) in [7, 11) is 0. The molecular formula is C31H39ClN4O3. The minimum Gasteiger partial charge on any atom is -0.492 e. The maximum atomic E-state index is 13.5. The first-order valence-corrected chi connectivity index (χ1v) is 14.5. The second kappa shape index (κ2) is 12.1. The first-order chi connectivity index (χ1) is 18.8. The van der Waals surface area contributed by atoms with Crippen molar-refractivity contribution in [2.24, 2.45) is 0 Å². The first kappa shape index (κ1) is 27.7. The Morgan fingerprint density at radius 3 is 2.46 bits per heavy atom. The summed E-state index contributed by atoms with van der Waals surface area (Å²) < 4.78 is 6.48. The van der Waals surface area contributed by atoms with Crippen molar-refractivity contribution in [1.29, 1.82) is 0 Å². The monoisotopic (exact) mass is 550 g/mol. The van der Waals surface area contributed by atoms with Gasteiger partial charge in [0.2, 0.25) is 0 Å². The molecule has 8 heteroatoms. The highest BCUT2D eigenvalue weighted by Gasteiger charge is 2.23. The number of halogens is 1. The van der Waals surface area contributed by atoms with E-state index >= 15 is 0 Å². The standard InChI is InChI=1S/C31H39ClN4O3/c1-18-14-21(15-19(2)20(18)3)28-29(39-13-9-22-6-4-5-10-34-22)25-16-24(26(32)17-27(25)36-31(28)38)30(37)35-23-7-11-33-12-8-23/h14-17,22-23,33-34H,4-13H2,1-3H3,(H,35,37)(H,36,38)/t22-/m0/s1. The Kier molecular flexibility index (Phi) is 8.60. The molecule has 208 valence electrons. The van der Waals surface area contributed by atoms with Crippen molar-refractivity contribution < 1.29 is 9.53 Å². The van der Waals surface area contributed by atoms with Gasteiger partial charge in [-0.25, -0.2) is 0 Å². The van der Waals surface area contributed by atoms with Crippen LogP contribution in [0.2, 0.25) is 5.02 Å². The van der Waals surface area contributed by atoms with Crippen LogP contribution in [0.5, 0.6) is 5.75 Å². The number of rotatable bonds is 7. The minimum atomic E-state index is -0.237. The predicted octanol–water partition coefficient (Wildman–Crippen LogP) is 5.17. The van der Waals surface area contributed by atoms with Gasteiger partial charge in [-0.3, -0.25) is 9.59 Å². The number of nitrogens with one attached hydrogen (secondary N) is 4. The van der Waals surface area contributed by atoms with Gasteiger partial charge in [0.05, 0.1) is 28.3 Å². The molecule has 0 bridgehead atoms. The van der Waals surface area contributed by atoms with Crippen LogP contribution in [0, 0.1) is 20.8 Å². The zero-order valence-corrected chi connectivity index (χ0v) is 23.9. The number of ether oxygens (including phenoxy) is 1. The summed E-state index contributed by atoms with van der Waals surface area (Å²) in [5.41, 5.74) is 5.41. The molecule has 0 unspecified atom stereocenters. The Labute approximate surface area is 235 Å². The zero-order valence-electron chi connectivity index (χ0n) is 23.1. The molecule has 1 aromatic heterocycles. The lowest BCUT2D eigenvalue weighted by Gasteiger charge is -2.24. The summed E-state index contributed by atoms with van der Waals surface area (Å²) in [5, 5.41) is 11.0. The van der Waals surface area contributed by atoms with E-state index in [-0.39, 0.29) is 17.5 Å². The van der Waals surface area contributed by atoms with E-state index in [4.69, 9.17) is 16.3 Å². The quantitative estimate of drug-likeness (QED) is 0.326. The van der Waals surface area contributed by atoms with Gasteiger partial charge in [0, 0.05) is 17.5 Å². The molecule has 2 fully saturated rings. The molecule has 1 atom stereocenters. The third kappa shape index (κ3) is 6.16. The van der Waals surface area contributed by atoms with Gasteiger partial charge in [0.25, 0.3) is 11.5 Å². The Morgan fingerprint density at radius 1 is 1.03 bits per heavy atom. The van der Waals surface area contributed by atoms with Gasteiger partial charge in [0.1, 0.15) is 5.75 Å². The molecule has 2 aliphatic rings. The summed E-state index contributed by atoms with van der Waals surface area (Å²) in [6.45, 7) is 9.45. The number of fused-ring (bicyclic) bond motifs is 1. The van der Waals surface area contributed by atoms with Crippen LogP contribution >= 0.6 is 11.6 Å². The van der Waals surface area contributed by atoms with E-state index in [1.807, 2.05) is 12.1 Å². The van der Waals surface area contributed by atoms with E-state index < -0.39 is 0 Å². The van der Waals surface area contributed by atoms with E-state index in [1.54, 1.807) is 12.1 Å². The van der Waals surface area contributed by atoms with Crippen molar-refractivity contribution in [2.75, 3.05) is 26.2 Å². The van der Waals surface area contributed by atoms with Crippen molar-refractivity contribution in [2.45, 2.75) is 71.4 Å². The highest BCUT2D eigenvalue weighted by molar-refractivity contribution is 6.34. The molecule has 2 saturated heterocycles. The number of amides is 1. The molecule has 2 aliphatic heterocycles. The first-order valence-electron chi connectivity index (χ1n) is 14.2. The number of pyridine rings is 1. The van der Waals surface area contributed by atoms with Crippen LogP contribution in [-0.2, 0) is 0 Å². The zero-order chi connectivity index (χ0) is 27.5. The fourth-order valence-corrected chi connectivity index (χ4v) is 6.01. The Bertz CT molecular complexity index is 1400. The number of piperidine rings is 2. The van der Waals surface area contributed by atoms with E-state index in [2.05, 4.69) is 41.7 Å². The van der Waals surface area contributed by atoms with Gasteiger partial charge in [-0.15, -0.1) is 0 Å². The molecule has 0 spiro atoms. The number of benzene rings is 2. The van der Waals surface area contributed by atoms with E-state index in [0.29, 0.717) is 45.5 Å². The van der Waals surface area contributed by atoms with Crippen LogP contribution in [0.15, 0.2) is 29.1 Å². The van der Waals surface area contributed by atoms with Crippen molar-refractivity contribution in [3.05, 3.63) is 61.9 Å². The van der Waals surface area contributed by atoms with Gasteiger partial charge in [-0.1, -0.05) is 30.2 Å². The van der Waals surface area contributed by atoms with Gasteiger partial charge in [-0.05, 0) is 107 Å². The third-order valence-electron chi connectivity index (χ3n) is 8.31. The van der Waals surface area contributed by atoms with Crippen LogP contribution < -0.4 is 26.2 Å². The normalized spacial score (nSPS) is 18.3. The average Bonchev–Trinajstić information content (AvgIpc) is 2.92. The summed E-state index contributed by atoms with van der Waals surface area (Å²) >= 11 is 6.60. The largest absolute Gasteiger partial charge is 0.492 e. The minimum absolute atomic E-state index is 0.105. The highest BCUT2D eigenvalue weighted by atomic mass is 35.5. The van der Waals surface area contributed by atoms with Crippen molar-refractivity contribution in [3.8, 4) is 16.9 Å². The van der Waals surface area contributed by atoms with E-state index in [0.717, 1.165) is 62.0 Å². The SMILES string of the molecule is Cc1cc(-c2c(OCC[C@@H]3CCCCN3)c3cc(C(=O)NC4CCNCC4)c(Cl)cc3[nH]c2=O)cc(C)c1C. The number of aryl methyl sites for hydroxylation is 2. The molecule has 0 aliphatic carbocycles. The number of hydrogen-bond donors (Lipinski definition) is 4. The number of carbonyl (C=O) groups excluding carboxylic acids is 1. The molecule has 1 amide bonds. The fourth-order valence-electron chi connectivity index (χ4n) is 5.76. The smallest absolute Gasteiger partial charge is 0.260 e. The van der Waals surface area contributed by atoms with Crippen molar-refractivity contribution >= 4 is 28.4 Å². The molecule has 4 N–H and O–H groups in total. The van der Waals surface area contributed by atoms with Gasteiger partial charge in [0.15, 0.2) is 0 Å².